The van der Waals surface area contributed by atoms with Crippen LogP contribution in [0.5, 0.6) is 0 Å². The molecule has 0 unspecified atom stereocenters. The second-order valence-electron chi connectivity index (χ2n) is 15.8. The molecule has 7 heteroatoms. The number of hydrogen-bond acceptors (Lipinski definition) is 6. The number of unbranched alkanes of at least 4 members (excludes halogenated alkanes) is 27. The van der Waals surface area contributed by atoms with Gasteiger partial charge in [-0.25, -0.2) is 0 Å². The van der Waals surface area contributed by atoms with Crippen LogP contribution in [-0.4, -0.2) is 90.7 Å². The van der Waals surface area contributed by atoms with E-state index in [0.717, 1.165) is 25.8 Å². The monoisotopic (exact) mass is 738 g/mol. The summed E-state index contributed by atoms with van der Waals surface area (Å²) in [6.45, 7) is 9.17. The van der Waals surface area contributed by atoms with Gasteiger partial charge in [0.1, 0.15) is 5.78 Å². The molecular formula is C45H91N3O4. The SMILES string of the molecule is CCCCCCCCCCCCCCCCCC(=O)CCN(CCO)CCN(CCO)CCC(=O)NCCCCCCCCCCCCCCCC. The summed E-state index contributed by atoms with van der Waals surface area (Å²) in [4.78, 5) is 29.3. The Bertz CT molecular complexity index is 677. The first-order valence-electron chi connectivity index (χ1n) is 23.0. The molecule has 0 rings (SSSR count). The number of ketones is 1. The Kier molecular flexibility index (Phi) is 41.9. The minimum Gasteiger partial charge on any atom is -0.395 e. The number of nitrogens with one attached hydrogen (secondary N) is 1. The topological polar surface area (TPSA) is 93.1 Å². The lowest BCUT2D eigenvalue weighted by molar-refractivity contribution is -0.121. The van der Waals surface area contributed by atoms with Gasteiger partial charge in [-0.3, -0.25) is 19.4 Å². The predicted molar refractivity (Wildman–Crippen MR) is 224 cm³/mol. The van der Waals surface area contributed by atoms with Crippen LogP contribution in [0.3, 0.4) is 0 Å². The second-order valence-corrected chi connectivity index (χ2v) is 15.8. The standard InChI is InChI=1S/C45H91N3O4/c1-3-5-7-9-11-13-15-17-19-20-22-24-26-28-30-32-44(51)33-36-47(40-42-49)38-39-48(41-43-50)37-34-45(52)46-35-31-29-27-25-23-21-18-16-14-12-10-8-6-4-2/h49-50H,3-43H2,1-2H3,(H,46,52). The van der Waals surface area contributed by atoms with Gasteiger partial charge in [-0.1, -0.05) is 187 Å². The van der Waals surface area contributed by atoms with Gasteiger partial charge in [-0.05, 0) is 12.8 Å². The Hall–Kier alpha value is -1.02. The van der Waals surface area contributed by atoms with E-state index in [1.807, 2.05) is 0 Å². The summed E-state index contributed by atoms with van der Waals surface area (Å²) < 4.78 is 0. The summed E-state index contributed by atoms with van der Waals surface area (Å²) in [7, 11) is 0. The van der Waals surface area contributed by atoms with Crippen molar-refractivity contribution in [2.45, 2.75) is 219 Å². The highest BCUT2D eigenvalue weighted by Gasteiger charge is 2.13. The third-order valence-corrected chi connectivity index (χ3v) is 10.8. The first-order chi connectivity index (χ1) is 25.6. The van der Waals surface area contributed by atoms with E-state index in [9.17, 15) is 19.8 Å². The van der Waals surface area contributed by atoms with Crippen LogP contribution in [0.15, 0.2) is 0 Å². The maximum atomic E-state index is 12.6. The van der Waals surface area contributed by atoms with Gasteiger partial charge in [0.2, 0.25) is 5.91 Å². The number of aliphatic hydroxyl groups excluding tert-OH is 2. The molecule has 0 aliphatic carbocycles. The van der Waals surface area contributed by atoms with Crippen LogP contribution in [0.1, 0.15) is 219 Å². The molecule has 0 radical (unpaired) electrons. The molecule has 1 amide bonds. The fourth-order valence-corrected chi connectivity index (χ4v) is 7.23. The highest BCUT2D eigenvalue weighted by atomic mass is 16.3. The molecule has 310 valence electrons. The number of carbonyl (C=O) groups is 2. The zero-order chi connectivity index (χ0) is 38.0. The Morgan fingerprint density at radius 3 is 1.08 bits per heavy atom. The Morgan fingerprint density at radius 1 is 0.385 bits per heavy atom. The molecule has 3 N–H and O–H groups in total. The molecule has 0 spiro atoms. The fourth-order valence-electron chi connectivity index (χ4n) is 7.23. The minimum atomic E-state index is 0.0540. The van der Waals surface area contributed by atoms with Crippen molar-refractivity contribution in [3.63, 3.8) is 0 Å². The molecule has 0 aromatic rings. The molecule has 0 aliphatic rings. The van der Waals surface area contributed by atoms with Gasteiger partial charge in [0.05, 0.1) is 13.2 Å². The quantitative estimate of drug-likeness (QED) is 0.0539. The van der Waals surface area contributed by atoms with Crippen LogP contribution >= 0.6 is 0 Å². The molecule has 0 aromatic heterocycles. The maximum absolute atomic E-state index is 12.6. The molecule has 0 heterocycles. The summed E-state index contributed by atoms with van der Waals surface area (Å²) in [6, 6.07) is 0. The van der Waals surface area contributed by atoms with E-state index in [2.05, 4.69) is 29.0 Å². The van der Waals surface area contributed by atoms with Gasteiger partial charge in [0.25, 0.3) is 0 Å². The van der Waals surface area contributed by atoms with Crippen molar-refractivity contribution in [1.82, 2.24) is 15.1 Å². The van der Waals surface area contributed by atoms with Crippen molar-refractivity contribution in [2.24, 2.45) is 0 Å². The van der Waals surface area contributed by atoms with E-state index in [4.69, 9.17) is 0 Å². The Morgan fingerprint density at radius 2 is 0.712 bits per heavy atom. The van der Waals surface area contributed by atoms with E-state index in [1.165, 1.54) is 167 Å². The highest BCUT2D eigenvalue weighted by molar-refractivity contribution is 5.78. The van der Waals surface area contributed by atoms with Crippen LogP contribution < -0.4 is 5.32 Å². The van der Waals surface area contributed by atoms with E-state index >= 15 is 0 Å². The third-order valence-electron chi connectivity index (χ3n) is 10.8. The van der Waals surface area contributed by atoms with Gasteiger partial charge in [-0.15, -0.1) is 0 Å². The summed E-state index contributed by atoms with van der Waals surface area (Å²) in [5.74, 6) is 0.398. The van der Waals surface area contributed by atoms with Gasteiger partial charge in [0, 0.05) is 65.1 Å². The molecule has 52 heavy (non-hydrogen) atoms. The molecule has 0 bridgehead atoms. The van der Waals surface area contributed by atoms with Gasteiger partial charge < -0.3 is 15.5 Å². The van der Waals surface area contributed by atoms with Gasteiger partial charge in [-0.2, -0.15) is 0 Å². The van der Waals surface area contributed by atoms with E-state index in [1.54, 1.807) is 0 Å². The Labute approximate surface area is 324 Å². The highest BCUT2D eigenvalue weighted by Crippen LogP contribution is 2.15. The van der Waals surface area contributed by atoms with Crippen LogP contribution in [0.25, 0.3) is 0 Å². The predicted octanol–water partition coefficient (Wildman–Crippen LogP) is 10.8. The molecule has 7 nitrogen and oxygen atoms in total. The zero-order valence-electron chi connectivity index (χ0n) is 35.1. The first kappa shape index (κ1) is 51.0. The summed E-state index contributed by atoms with van der Waals surface area (Å²) in [5, 5.41) is 22.3. The number of Topliss-reactive ketones (excluding diaryl/α,β-unsaturated/α-hetero) is 1. The minimum absolute atomic E-state index is 0.0540. The van der Waals surface area contributed by atoms with Gasteiger partial charge >= 0.3 is 0 Å². The van der Waals surface area contributed by atoms with Gasteiger partial charge in [0.15, 0.2) is 0 Å². The summed E-state index contributed by atoms with van der Waals surface area (Å²) >= 11 is 0. The van der Waals surface area contributed by atoms with Crippen LogP contribution in [0.4, 0.5) is 0 Å². The summed E-state index contributed by atoms with van der Waals surface area (Å²) in [5.41, 5.74) is 0. The zero-order valence-corrected chi connectivity index (χ0v) is 35.1. The number of hydrogen-bond donors (Lipinski definition) is 3. The average molecular weight is 738 g/mol. The lowest BCUT2D eigenvalue weighted by Gasteiger charge is -2.26. The Balaban J connectivity index is 3.86. The number of carbonyl (C=O) groups excluding carboxylic acids is 2. The lowest BCUT2D eigenvalue weighted by atomic mass is 10.0. The normalized spacial score (nSPS) is 11.7. The molecule has 0 fully saturated rings. The first-order valence-corrected chi connectivity index (χ1v) is 23.0. The molecule has 0 saturated carbocycles. The molecule has 0 saturated heterocycles. The van der Waals surface area contributed by atoms with Crippen molar-refractivity contribution in [2.75, 3.05) is 59.0 Å². The maximum Gasteiger partial charge on any atom is 0.221 e. The number of aliphatic hydroxyl groups is 2. The third kappa shape index (κ3) is 38.7. The van der Waals surface area contributed by atoms with Crippen LogP contribution in [0, 0.1) is 0 Å². The average Bonchev–Trinajstić information content (AvgIpc) is 3.14. The molecule has 0 aliphatic heterocycles. The number of rotatable bonds is 44. The van der Waals surface area contributed by atoms with E-state index < -0.39 is 0 Å². The number of amides is 1. The van der Waals surface area contributed by atoms with Crippen molar-refractivity contribution in [1.29, 1.82) is 0 Å². The van der Waals surface area contributed by atoms with E-state index in [-0.39, 0.29) is 19.1 Å². The second kappa shape index (κ2) is 42.7. The molecule has 0 atom stereocenters. The lowest BCUT2D eigenvalue weighted by Crippen LogP contribution is -2.40. The smallest absolute Gasteiger partial charge is 0.221 e. The largest absolute Gasteiger partial charge is 0.395 e. The van der Waals surface area contributed by atoms with Crippen molar-refractivity contribution in [3.05, 3.63) is 0 Å². The van der Waals surface area contributed by atoms with E-state index in [0.29, 0.717) is 64.3 Å². The van der Waals surface area contributed by atoms with Crippen LogP contribution in [-0.2, 0) is 9.59 Å². The number of nitrogens with zero attached hydrogens (tertiary/aromatic N) is 2. The fraction of sp³-hybridized carbons (Fsp3) is 0.956. The van der Waals surface area contributed by atoms with Crippen molar-refractivity contribution >= 4 is 11.7 Å². The summed E-state index contributed by atoms with van der Waals surface area (Å²) in [6.07, 6.45) is 40.2. The van der Waals surface area contributed by atoms with Crippen LogP contribution in [0.2, 0.25) is 0 Å². The van der Waals surface area contributed by atoms with Crippen molar-refractivity contribution in [3.8, 4) is 0 Å². The molecule has 0 aromatic carbocycles. The van der Waals surface area contributed by atoms with Crippen molar-refractivity contribution < 1.29 is 19.8 Å². The molecular weight excluding hydrogens is 647 g/mol.